The van der Waals surface area contributed by atoms with Crippen molar-refractivity contribution in [3.05, 3.63) is 150 Å². The van der Waals surface area contributed by atoms with Gasteiger partial charge in [0, 0.05) is 31.9 Å². The molecule has 0 fully saturated rings. The van der Waals surface area contributed by atoms with Gasteiger partial charge in [0.1, 0.15) is 0 Å². The Labute approximate surface area is 272 Å². The van der Waals surface area contributed by atoms with E-state index in [0.717, 1.165) is 43.5 Å². The van der Waals surface area contributed by atoms with Crippen molar-refractivity contribution in [2.75, 3.05) is 0 Å². The van der Waals surface area contributed by atoms with Crippen LogP contribution in [0.4, 0.5) is 0 Å². The standard InChI is InChI=1S/C41H28N4S/c1-41(2)34-17-8-9-18-36(34)46-37-23-30(25-42)33(24-35(37)41)27-19-21-29(22-20-27)39-43-38(28-12-4-3-5-13-28)44-40(45-39)32-16-10-14-26-11-6-7-15-31(26)32/h3-24H,1-2H3. The molecule has 0 unspecified atom stereocenters. The molecule has 0 saturated carbocycles. The van der Waals surface area contributed by atoms with E-state index in [1.807, 2.05) is 60.7 Å². The zero-order valence-electron chi connectivity index (χ0n) is 25.4. The molecule has 8 rings (SSSR count). The molecule has 1 aliphatic heterocycles. The molecule has 5 heteroatoms. The van der Waals surface area contributed by atoms with E-state index in [-0.39, 0.29) is 5.41 Å². The lowest BCUT2D eigenvalue weighted by atomic mass is 9.76. The van der Waals surface area contributed by atoms with Crippen LogP contribution in [0.3, 0.4) is 0 Å². The summed E-state index contributed by atoms with van der Waals surface area (Å²) in [7, 11) is 0. The Balaban J connectivity index is 1.23. The van der Waals surface area contributed by atoms with Gasteiger partial charge in [-0.05, 0) is 51.2 Å². The number of aromatic nitrogens is 3. The van der Waals surface area contributed by atoms with Gasteiger partial charge in [0.15, 0.2) is 17.5 Å². The third kappa shape index (κ3) is 4.75. The van der Waals surface area contributed by atoms with Crippen LogP contribution >= 0.6 is 11.8 Å². The van der Waals surface area contributed by atoms with Crippen molar-refractivity contribution in [2.45, 2.75) is 29.1 Å². The van der Waals surface area contributed by atoms with Gasteiger partial charge in [-0.3, -0.25) is 0 Å². The van der Waals surface area contributed by atoms with Gasteiger partial charge in [0.05, 0.1) is 11.6 Å². The lowest BCUT2D eigenvalue weighted by Gasteiger charge is -2.35. The van der Waals surface area contributed by atoms with Crippen LogP contribution in [-0.4, -0.2) is 15.0 Å². The Morgan fingerprint density at radius 2 is 1.17 bits per heavy atom. The minimum Gasteiger partial charge on any atom is -0.208 e. The first-order chi connectivity index (χ1) is 22.5. The molecular formula is C41H28N4S. The van der Waals surface area contributed by atoms with Crippen LogP contribution in [0.1, 0.15) is 30.5 Å². The normalized spacial score (nSPS) is 13.1. The van der Waals surface area contributed by atoms with E-state index in [4.69, 9.17) is 15.0 Å². The fourth-order valence-corrected chi connectivity index (χ4v) is 7.80. The molecule has 1 aromatic heterocycles. The summed E-state index contributed by atoms with van der Waals surface area (Å²) in [4.78, 5) is 17.3. The predicted molar refractivity (Wildman–Crippen MR) is 186 cm³/mol. The van der Waals surface area contributed by atoms with Crippen LogP contribution in [0.2, 0.25) is 0 Å². The molecule has 6 aromatic carbocycles. The fraction of sp³-hybridized carbons (Fsp3) is 0.0732. The number of rotatable bonds is 4. The summed E-state index contributed by atoms with van der Waals surface area (Å²) in [5.74, 6) is 1.86. The van der Waals surface area contributed by atoms with E-state index in [2.05, 4.69) is 92.7 Å². The lowest BCUT2D eigenvalue weighted by molar-refractivity contribution is 0.607. The molecule has 0 atom stereocenters. The minimum absolute atomic E-state index is 0.184. The van der Waals surface area contributed by atoms with Crippen molar-refractivity contribution in [2.24, 2.45) is 0 Å². The van der Waals surface area contributed by atoms with Crippen molar-refractivity contribution in [3.8, 4) is 51.4 Å². The van der Waals surface area contributed by atoms with Gasteiger partial charge in [-0.15, -0.1) is 0 Å². The monoisotopic (exact) mass is 608 g/mol. The van der Waals surface area contributed by atoms with Crippen molar-refractivity contribution in [1.82, 2.24) is 15.0 Å². The molecule has 0 radical (unpaired) electrons. The maximum absolute atomic E-state index is 10.2. The van der Waals surface area contributed by atoms with Gasteiger partial charge in [-0.1, -0.05) is 141 Å². The van der Waals surface area contributed by atoms with Crippen LogP contribution < -0.4 is 0 Å². The third-order valence-corrected chi connectivity index (χ3v) is 9.98. The molecular weight excluding hydrogens is 581 g/mol. The fourth-order valence-electron chi connectivity index (χ4n) is 6.38. The molecule has 0 saturated heterocycles. The zero-order chi connectivity index (χ0) is 31.3. The van der Waals surface area contributed by atoms with Gasteiger partial charge in [-0.25, -0.2) is 15.0 Å². The van der Waals surface area contributed by atoms with E-state index in [9.17, 15) is 5.26 Å². The Bertz CT molecular complexity index is 2310. The number of hydrogen-bond acceptors (Lipinski definition) is 5. The summed E-state index contributed by atoms with van der Waals surface area (Å²) in [6, 6.07) is 48.0. The average molecular weight is 609 g/mol. The summed E-state index contributed by atoms with van der Waals surface area (Å²) < 4.78 is 0. The first-order valence-corrected chi connectivity index (χ1v) is 16.1. The maximum Gasteiger partial charge on any atom is 0.164 e. The molecule has 2 heterocycles. The average Bonchev–Trinajstić information content (AvgIpc) is 3.11. The van der Waals surface area contributed by atoms with Crippen molar-refractivity contribution in [1.29, 1.82) is 5.26 Å². The number of fused-ring (bicyclic) bond motifs is 3. The summed E-state index contributed by atoms with van der Waals surface area (Å²) >= 11 is 1.74. The van der Waals surface area contributed by atoms with Crippen LogP contribution in [0.25, 0.3) is 56.1 Å². The molecule has 0 aliphatic carbocycles. The third-order valence-electron chi connectivity index (χ3n) is 8.85. The summed E-state index contributed by atoms with van der Waals surface area (Å²) in [5.41, 5.74) is 7.71. The number of benzene rings is 6. The molecule has 0 N–H and O–H groups in total. The smallest absolute Gasteiger partial charge is 0.164 e. The SMILES string of the molecule is CC1(C)c2ccccc2Sc2cc(C#N)c(-c3ccc(-c4nc(-c5ccccc5)nc(-c5cccc6ccccc56)n4)cc3)cc21. The lowest BCUT2D eigenvalue weighted by Crippen LogP contribution is -2.24. The largest absolute Gasteiger partial charge is 0.208 e. The second kappa shape index (κ2) is 11.1. The molecule has 4 nitrogen and oxygen atoms in total. The molecule has 0 spiro atoms. The zero-order valence-corrected chi connectivity index (χ0v) is 26.2. The summed E-state index contributed by atoms with van der Waals surface area (Å²) in [6.07, 6.45) is 0. The Hall–Kier alpha value is -5.57. The van der Waals surface area contributed by atoms with Crippen LogP contribution in [-0.2, 0) is 5.41 Å². The topological polar surface area (TPSA) is 62.5 Å². The highest BCUT2D eigenvalue weighted by Crippen LogP contribution is 2.50. The predicted octanol–water partition coefficient (Wildman–Crippen LogP) is 10.4. The van der Waals surface area contributed by atoms with Crippen LogP contribution in [0.15, 0.2) is 143 Å². The molecule has 46 heavy (non-hydrogen) atoms. The number of hydrogen-bond donors (Lipinski definition) is 0. The van der Waals surface area contributed by atoms with Crippen LogP contribution in [0, 0.1) is 11.3 Å². The van der Waals surface area contributed by atoms with Gasteiger partial charge >= 0.3 is 0 Å². The molecule has 218 valence electrons. The van der Waals surface area contributed by atoms with Crippen LogP contribution in [0.5, 0.6) is 0 Å². The Kier molecular flexibility index (Phi) is 6.74. The van der Waals surface area contributed by atoms with Crippen molar-refractivity contribution < 1.29 is 0 Å². The van der Waals surface area contributed by atoms with E-state index in [0.29, 0.717) is 23.0 Å². The molecule has 1 aliphatic rings. The Morgan fingerprint density at radius 1 is 0.543 bits per heavy atom. The van der Waals surface area contributed by atoms with Crippen molar-refractivity contribution >= 4 is 22.5 Å². The molecule has 0 amide bonds. The van der Waals surface area contributed by atoms with E-state index in [1.54, 1.807) is 11.8 Å². The Morgan fingerprint density at radius 3 is 1.96 bits per heavy atom. The van der Waals surface area contributed by atoms with Gasteiger partial charge in [0.25, 0.3) is 0 Å². The summed E-state index contributed by atoms with van der Waals surface area (Å²) in [5, 5.41) is 12.4. The summed E-state index contributed by atoms with van der Waals surface area (Å²) in [6.45, 7) is 4.53. The van der Waals surface area contributed by atoms with E-state index < -0.39 is 0 Å². The highest BCUT2D eigenvalue weighted by molar-refractivity contribution is 7.99. The van der Waals surface area contributed by atoms with Crippen molar-refractivity contribution in [3.63, 3.8) is 0 Å². The number of nitriles is 1. The number of nitrogens with zero attached hydrogens (tertiary/aromatic N) is 4. The first kappa shape index (κ1) is 27.9. The maximum atomic E-state index is 10.2. The van der Waals surface area contributed by atoms with E-state index >= 15 is 0 Å². The minimum atomic E-state index is -0.184. The van der Waals surface area contributed by atoms with Gasteiger partial charge in [-0.2, -0.15) is 5.26 Å². The van der Waals surface area contributed by atoms with E-state index in [1.165, 1.54) is 16.0 Å². The second-order valence-electron chi connectivity index (χ2n) is 12.0. The highest BCUT2D eigenvalue weighted by Gasteiger charge is 2.34. The first-order valence-electron chi connectivity index (χ1n) is 15.3. The highest BCUT2D eigenvalue weighted by atomic mass is 32.2. The quantitative estimate of drug-likeness (QED) is 0.199. The van der Waals surface area contributed by atoms with Gasteiger partial charge < -0.3 is 0 Å². The second-order valence-corrected chi connectivity index (χ2v) is 13.1. The molecule has 7 aromatic rings. The van der Waals surface area contributed by atoms with Gasteiger partial charge in [0.2, 0.25) is 0 Å². The molecule has 0 bridgehead atoms.